The Balaban J connectivity index is 1.60. The summed E-state index contributed by atoms with van der Waals surface area (Å²) in [5.74, 6) is 1.73. The molecule has 10 heteroatoms. The van der Waals surface area contributed by atoms with E-state index in [-0.39, 0.29) is 22.7 Å². The molecule has 0 saturated heterocycles. The van der Waals surface area contributed by atoms with Crippen molar-refractivity contribution >= 4 is 11.7 Å². The summed E-state index contributed by atoms with van der Waals surface area (Å²) in [4.78, 5) is 23.6. The van der Waals surface area contributed by atoms with Crippen LogP contribution in [0.1, 0.15) is 39.1 Å². The van der Waals surface area contributed by atoms with Gasteiger partial charge in [0, 0.05) is 29.8 Å². The van der Waals surface area contributed by atoms with Crippen molar-refractivity contribution in [3.8, 4) is 34.5 Å². The molecule has 0 unspecified atom stereocenters. The highest BCUT2D eigenvalue weighted by Gasteiger charge is 2.39. The Morgan fingerprint density at radius 2 is 1.47 bits per heavy atom. The third-order valence-corrected chi connectivity index (χ3v) is 7.15. The number of nitro groups is 1. The molecule has 45 heavy (non-hydrogen) atoms. The van der Waals surface area contributed by atoms with Gasteiger partial charge < -0.3 is 28.4 Å². The molecule has 0 amide bonds. The monoisotopic (exact) mass is 609 g/mol. The summed E-state index contributed by atoms with van der Waals surface area (Å²) in [5.41, 5.74) is 2.45. The van der Waals surface area contributed by atoms with Crippen molar-refractivity contribution in [3.05, 3.63) is 137 Å². The molecule has 5 rings (SSSR count). The third-order valence-electron chi connectivity index (χ3n) is 7.15. The summed E-state index contributed by atoms with van der Waals surface area (Å²) in [5, 5.41) is 11.0. The number of hydrogen-bond acceptors (Lipinski definition) is 9. The summed E-state index contributed by atoms with van der Waals surface area (Å²) < 4.78 is 35.1. The van der Waals surface area contributed by atoms with E-state index in [1.54, 1.807) is 37.5 Å². The minimum atomic E-state index is -0.703. The van der Waals surface area contributed by atoms with Crippen LogP contribution in [-0.4, -0.2) is 38.3 Å². The summed E-state index contributed by atoms with van der Waals surface area (Å²) in [6, 6.07) is 21.8. The van der Waals surface area contributed by atoms with Crippen molar-refractivity contribution < 1.29 is 38.1 Å². The molecule has 0 spiro atoms. The quantitative estimate of drug-likeness (QED) is 0.0509. The van der Waals surface area contributed by atoms with Crippen molar-refractivity contribution in [1.82, 2.24) is 0 Å². The molecule has 0 aromatic heterocycles. The number of non-ortho nitro benzene ring substituents is 1. The molecule has 1 aliphatic rings. The van der Waals surface area contributed by atoms with Crippen LogP contribution in [0, 0.1) is 10.1 Å². The average molecular weight is 610 g/mol. The number of carbonyl (C=O) groups excluding carboxylic acids is 1. The van der Waals surface area contributed by atoms with Gasteiger partial charge in [0.25, 0.3) is 5.69 Å². The smallest absolute Gasteiger partial charge is 0.343 e. The maximum Gasteiger partial charge on any atom is 0.343 e. The van der Waals surface area contributed by atoms with Crippen LogP contribution < -0.4 is 28.4 Å². The van der Waals surface area contributed by atoms with Crippen molar-refractivity contribution in [2.75, 3.05) is 27.4 Å². The van der Waals surface area contributed by atoms with Crippen LogP contribution in [0.4, 0.5) is 5.69 Å². The van der Waals surface area contributed by atoms with Crippen LogP contribution >= 0.6 is 0 Å². The van der Waals surface area contributed by atoms with Crippen molar-refractivity contribution in [3.63, 3.8) is 0 Å². The highest BCUT2D eigenvalue weighted by atomic mass is 16.6. The zero-order valence-electron chi connectivity index (χ0n) is 24.8. The average Bonchev–Trinajstić information content (AvgIpc) is 3.44. The first-order valence-corrected chi connectivity index (χ1v) is 14.0. The van der Waals surface area contributed by atoms with Gasteiger partial charge in [-0.25, -0.2) is 4.79 Å². The molecule has 0 radical (unpaired) electrons. The van der Waals surface area contributed by atoms with Crippen LogP contribution in [0.2, 0.25) is 0 Å². The minimum absolute atomic E-state index is 0.137. The number of rotatable bonds is 13. The molecule has 0 fully saturated rings. The van der Waals surface area contributed by atoms with Crippen LogP contribution in [0.15, 0.2) is 104 Å². The molecule has 1 heterocycles. The van der Waals surface area contributed by atoms with E-state index >= 15 is 0 Å². The van der Waals surface area contributed by atoms with E-state index in [0.29, 0.717) is 36.2 Å². The predicted octanol–water partition coefficient (Wildman–Crippen LogP) is 7.23. The summed E-state index contributed by atoms with van der Waals surface area (Å²) >= 11 is 0. The Morgan fingerprint density at radius 3 is 2.02 bits per heavy atom. The highest BCUT2D eigenvalue weighted by molar-refractivity contribution is 5.91. The molecular weight excluding hydrogens is 578 g/mol. The molecule has 0 saturated carbocycles. The lowest BCUT2D eigenvalue weighted by molar-refractivity contribution is -0.384. The highest BCUT2D eigenvalue weighted by Crippen LogP contribution is 2.53. The number of ether oxygens (including phenoxy) is 6. The van der Waals surface area contributed by atoms with Gasteiger partial charge in [0.05, 0.1) is 30.6 Å². The fourth-order valence-corrected chi connectivity index (χ4v) is 5.05. The Bertz CT molecular complexity index is 1680. The van der Waals surface area contributed by atoms with Gasteiger partial charge in [-0.15, -0.1) is 0 Å². The van der Waals surface area contributed by atoms with Crippen molar-refractivity contribution in [1.29, 1.82) is 0 Å². The number of esters is 1. The fourth-order valence-electron chi connectivity index (χ4n) is 5.05. The van der Waals surface area contributed by atoms with E-state index in [1.165, 1.54) is 31.4 Å². The van der Waals surface area contributed by atoms with E-state index in [2.05, 4.69) is 13.2 Å². The lowest BCUT2D eigenvalue weighted by atomic mass is 9.84. The zero-order chi connectivity index (χ0) is 31.9. The molecule has 0 bridgehead atoms. The van der Waals surface area contributed by atoms with E-state index in [9.17, 15) is 14.9 Å². The topological polar surface area (TPSA) is 116 Å². The zero-order valence-corrected chi connectivity index (χ0v) is 24.8. The first-order chi connectivity index (χ1) is 21.8. The van der Waals surface area contributed by atoms with Gasteiger partial charge in [-0.05, 0) is 53.6 Å². The molecule has 4 aromatic carbocycles. The van der Waals surface area contributed by atoms with Gasteiger partial charge >= 0.3 is 5.97 Å². The number of methoxy groups -OCH3 is 2. The lowest BCUT2D eigenvalue weighted by Gasteiger charge is -2.22. The summed E-state index contributed by atoms with van der Waals surface area (Å²) in [7, 11) is 3.06. The second kappa shape index (κ2) is 13.7. The maximum atomic E-state index is 13.1. The Hall–Kier alpha value is -5.77. The first-order valence-electron chi connectivity index (χ1n) is 14.0. The second-order valence-electron chi connectivity index (χ2n) is 9.96. The van der Waals surface area contributed by atoms with Crippen molar-refractivity contribution in [2.45, 2.75) is 12.0 Å². The van der Waals surface area contributed by atoms with Crippen LogP contribution in [0.25, 0.3) is 0 Å². The minimum Gasteiger partial charge on any atom is -0.497 e. The van der Waals surface area contributed by atoms with E-state index in [1.807, 2.05) is 36.4 Å². The van der Waals surface area contributed by atoms with E-state index in [4.69, 9.17) is 28.4 Å². The van der Waals surface area contributed by atoms with Gasteiger partial charge in [0.2, 0.25) is 0 Å². The van der Waals surface area contributed by atoms with Gasteiger partial charge in [-0.2, -0.15) is 0 Å². The van der Waals surface area contributed by atoms with E-state index < -0.39 is 22.9 Å². The summed E-state index contributed by atoms with van der Waals surface area (Å²) in [6.45, 7) is 8.08. The van der Waals surface area contributed by atoms with Gasteiger partial charge in [-0.1, -0.05) is 37.4 Å². The van der Waals surface area contributed by atoms with Gasteiger partial charge in [0.1, 0.15) is 42.3 Å². The number of hydrogen-bond donors (Lipinski definition) is 0. The maximum absolute atomic E-state index is 13.1. The lowest BCUT2D eigenvalue weighted by Crippen LogP contribution is -2.12. The number of benzene rings is 4. The molecule has 4 aromatic rings. The largest absolute Gasteiger partial charge is 0.497 e. The van der Waals surface area contributed by atoms with Gasteiger partial charge in [0.15, 0.2) is 11.5 Å². The second-order valence-corrected chi connectivity index (χ2v) is 9.96. The number of nitro benzene ring substituents is 1. The number of nitrogens with zero attached hydrogens (tertiary/aromatic N) is 1. The molecule has 230 valence electrons. The Morgan fingerprint density at radius 1 is 0.822 bits per heavy atom. The predicted molar refractivity (Wildman–Crippen MR) is 167 cm³/mol. The molecule has 0 aliphatic carbocycles. The van der Waals surface area contributed by atoms with E-state index in [0.717, 1.165) is 16.7 Å². The number of carbonyl (C=O) groups is 1. The van der Waals surface area contributed by atoms with Gasteiger partial charge in [-0.3, -0.25) is 10.1 Å². The Labute approximate surface area is 260 Å². The third kappa shape index (κ3) is 6.75. The summed E-state index contributed by atoms with van der Waals surface area (Å²) in [6.07, 6.45) is 2.82. The molecule has 0 N–H and O–H groups in total. The van der Waals surface area contributed by atoms with Crippen molar-refractivity contribution in [2.24, 2.45) is 0 Å². The number of fused-ring (bicyclic) bond motifs is 1. The molecule has 1 aliphatic heterocycles. The van der Waals surface area contributed by atoms with Crippen LogP contribution in [0.5, 0.6) is 34.5 Å². The van der Waals surface area contributed by atoms with Crippen LogP contribution in [0.3, 0.4) is 0 Å². The molecular formula is C35H31NO9. The standard InChI is InChI=1S/C35H31NO9/c1-5-15-42-27-17-24(18-28(19-27)43-16-6-2)33-29-20-32(45-35(37)23-7-11-25(12-8-23)36(38)39)31(41-4)21-30(29)44-34(33)22-9-13-26(40-3)14-10-22/h5-14,17-21,33-34H,1-2,15-16H2,3-4H3/t33-,34+/m0/s1. The first kappa shape index (κ1) is 30.7. The van der Waals surface area contributed by atoms with Crippen LogP contribution in [-0.2, 0) is 0 Å². The SMILES string of the molecule is C=CCOc1cc(OCC=C)cc([C@H]2c3cc(OC(=O)c4ccc([N+](=O)[O-])cc4)c(OC)cc3O[C@@H]2c2ccc(OC)cc2)c1. The molecule has 2 atom stereocenters. The normalized spacial score (nSPS) is 14.8. The fraction of sp³-hybridized carbons (Fsp3) is 0.171. The Kier molecular flexibility index (Phi) is 9.33. The molecule has 10 nitrogen and oxygen atoms in total.